The van der Waals surface area contributed by atoms with Crippen molar-refractivity contribution in [3.63, 3.8) is 0 Å². The summed E-state index contributed by atoms with van der Waals surface area (Å²) >= 11 is 0. The fourth-order valence-corrected chi connectivity index (χ4v) is 2.24. The number of rotatable bonds is 3. The van der Waals surface area contributed by atoms with Gasteiger partial charge in [0.2, 0.25) is 5.78 Å². The molecule has 3 nitrogen and oxygen atoms in total. The zero-order chi connectivity index (χ0) is 12.7. The van der Waals surface area contributed by atoms with Gasteiger partial charge in [0.1, 0.15) is 11.4 Å². The van der Waals surface area contributed by atoms with Crippen LogP contribution in [0.1, 0.15) is 17.5 Å². The van der Waals surface area contributed by atoms with Gasteiger partial charge in [-0.05, 0) is 43.3 Å². The number of Topliss-reactive ketones (excluding diaryl/α,β-unsaturated/α-hetero) is 1. The van der Waals surface area contributed by atoms with Gasteiger partial charge in [0.25, 0.3) is 0 Å². The van der Waals surface area contributed by atoms with Crippen LogP contribution in [0.3, 0.4) is 0 Å². The van der Waals surface area contributed by atoms with Crippen molar-refractivity contribution in [2.45, 2.75) is 6.92 Å². The van der Waals surface area contributed by atoms with Gasteiger partial charge >= 0.3 is 0 Å². The Balaban J connectivity index is 1.91. The van der Waals surface area contributed by atoms with Gasteiger partial charge in [-0.3, -0.25) is 4.79 Å². The van der Waals surface area contributed by atoms with Gasteiger partial charge in [-0.15, -0.1) is 0 Å². The molecule has 1 aliphatic rings. The molecule has 1 saturated heterocycles. The molecule has 1 N–H and O–H groups in total. The first kappa shape index (κ1) is 11.4. The van der Waals surface area contributed by atoms with Gasteiger partial charge in [-0.1, -0.05) is 6.92 Å². The van der Waals surface area contributed by atoms with E-state index in [9.17, 15) is 9.18 Å². The van der Waals surface area contributed by atoms with E-state index in [4.69, 9.17) is 4.42 Å². The van der Waals surface area contributed by atoms with Gasteiger partial charge in [-0.2, -0.15) is 0 Å². The molecule has 1 atom stereocenters. The first-order chi connectivity index (χ1) is 8.65. The van der Waals surface area contributed by atoms with E-state index >= 15 is 0 Å². The van der Waals surface area contributed by atoms with Crippen molar-refractivity contribution in [1.82, 2.24) is 5.32 Å². The molecule has 18 heavy (non-hydrogen) atoms. The zero-order valence-corrected chi connectivity index (χ0v) is 10.1. The highest BCUT2D eigenvalue weighted by Gasteiger charge is 2.30. The number of carbonyl (C=O) groups excluding carboxylic acids is 1. The molecular formula is C14H14FNO2. The lowest BCUT2D eigenvalue weighted by atomic mass is 9.85. The maximum absolute atomic E-state index is 13.1. The Kier molecular flexibility index (Phi) is 2.67. The summed E-state index contributed by atoms with van der Waals surface area (Å²) in [7, 11) is 0. The predicted molar refractivity (Wildman–Crippen MR) is 66.0 cm³/mol. The lowest BCUT2D eigenvalue weighted by molar-refractivity contribution is 0.0827. The smallest absolute Gasteiger partial charge is 0.201 e. The highest BCUT2D eigenvalue weighted by atomic mass is 19.1. The van der Waals surface area contributed by atoms with Crippen molar-refractivity contribution < 1.29 is 13.6 Å². The van der Waals surface area contributed by atoms with Crippen molar-refractivity contribution in [2.75, 3.05) is 13.1 Å². The summed E-state index contributed by atoms with van der Waals surface area (Å²) in [4.78, 5) is 12.2. The summed E-state index contributed by atoms with van der Waals surface area (Å²) in [5.74, 6) is 0.325. The lowest BCUT2D eigenvalue weighted by Gasteiger charge is -2.31. The van der Waals surface area contributed by atoms with Crippen LogP contribution in [0.5, 0.6) is 0 Å². The Hall–Kier alpha value is -1.68. The summed E-state index contributed by atoms with van der Waals surface area (Å²) in [5, 5.41) is 3.79. The topological polar surface area (TPSA) is 42.2 Å². The van der Waals surface area contributed by atoms with Gasteiger partial charge in [0.05, 0.1) is 0 Å². The molecule has 0 amide bonds. The Morgan fingerprint density at radius 1 is 1.44 bits per heavy atom. The summed E-state index contributed by atoms with van der Waals surface area (Å²) in [6, 6.07) is 5.89. The first-order valence-electron chi connectivity index (χ1n) is 6.09. The van der Waals surface area contributed by atoms with E-state index in [0.29, 0.717) is 22.6 Å². The Labute approximate surface area is 104 Å². The predicted octanol–water partition coefficient (Wildman–Crippen LogP) is 2.61. The molecule has 94 valence electrons. The largest absolute Gasteiger partial charge is 0.453 e. The van der Waals surface area contributed by atoms with E-state index in [1.54, 1.807) is 12.1 Å². The maximum atomic E-state index is 13.1. The number of nitrogens with one attached hydrogen (secondary N) is 1. The van der Waals surface area contributed by atoms with Crippen LogP contribution in [-0.2, 0) is 0 Å². The summed E-state index contributed by atoms with van der Waals surface area (Å²) < 4.78 is 18.6. The van der Waals surface area contributed by atoms with Crippen LogP contribution in [-0.4, -0.2) is 18.9 Å². The number of fused-ring (bicyclic) bond motifs is 1. The third kappa shape index (κ3) is 1.82. The normalized spacial score (nSPS) is 17.7. The van der Waals surface area contributed by atoms with E-state index in [-0.39, 0.29) is 17.5 Å². The van der Waals surface area contributed by atoms with Crippen LogP contribution in [0, 0.1) is 17.7 Å². The van der Waals surface area contributed by atoms with Crippen molar-refractivity contribution in [1.29, 1.82) is 0 Å². The molecule has 0 spiro atoms. The summed E-state index contributed by atoms with van der Waals surface area (Å²) in [5.41, 5.74) is 0.554. The third-order valence-electron chi connectivity index (χ3n) is 3.65. The minimum atomic E-state index is -0.321. The van der Waals surface area contributed by atoms with Gasteiger partial charge in [-0.25, -0.2) is 4.39 Å². The van der Waals surface area contributed by atoms with E-state index in [0.717, 1.165) is 13.1 Å². The van der Waals surface area contributed by atoms with Crippen LogP contribution < -0.4 is 5.32 Å². The molecule has 4 heteroatoms. The van der Waals surface area contributed by atoms with Crippen molar-refractivity contribution >= 4 is 16.8 Å². The highest BCUT2D eigenvalue weighted by Crippen LogP contribution is 2.25. The molecule has 3 rings (SSSR count). The average Bonchev–Trinajstić information content (AvgIpc) is 2.68. The van der Waals surface area contributed by atoms with Crippen molar-refractivity contribution in [3.8, 4) is 0 Å². The number of ketones is 1. The fourth-order valence-electron chi connectivity index (χ4n) is 2.24. The number of hydrogen-bond donors (Lipinski definition) is 1. The first-order valence-corrected chi connectivity index (χ1v) is 6.09. The molecule has 1 unspecified atom stereocenters. The molecule has 0 bridgehead atoms. The second-order valence-corrected chi connectivity index (χ2v) is 4.86. The van der Waals surface area contributed by atoms with E-state index in [1.807, 2.05) is 6.92 Å². The zero-order valence-electron chi connectivity index (χ0n) is 10.1. The number of benzene rings is 1. The number of halogens is 1. The molecule has 0 aliphatic carbocycles. The Bertz CT molecular complexity index is 601. The molecule has 1 aromatic carbocycles. The molecular weight excluding hydrogens is 233 g/mol. The second-order valence-electron chi connectivity index (χ2n) is 4.86. The van der Waals surface area contributed by atoms with Gasteiger partial charge in [0.15, 0.2) is 5.76 Å². The molecule has 1 aliphatic heterocycles. The molecule has 0 radical (unpaired) electrons. The summed E-state index contributed by atoms with van der Waals surface area (Å²) in [6.45, 7) is 3.67. The molecule has 2 aromatic rings. The van der Waals surface area contributed by atoms with Crippen LogP contribution in [0.2, 0.25) is 0 Å². The summed E-state index contributed by atoms with van der Waals surface area (Å²) in [6.07, 6.45) is 0. The SMILES string of the molecule is CC(C(=O)c1cc2cc(F)ccc2o1)C1CNC1. The molecule has 1 aromatic heterocycles. The number of hydrogen-bond acceptors (Lipinski definition) is 3. The monoisotopic (exact) mass is 247 g/mol. The minimum Gasteiger partial charge on any atom is -0.453 e. The number of carbonyl (C=O) groups is 1. The lowest BCUT2D eigenvalue weighted by Crippen LogP contribution is -2.47. The van der Waals surface area contributed by atoms with Crippen LogP contribution in [0.15, 0.2) is 28.7 Å². The Morgan fingerprint density at radius 3 is 2.89 bits per heavy atom. The number of furan rings is 1. The van der Waals surface area contributed by atoms with E-state index in [1.165, 1.54) is 12.1 Å². The Morgan fingerprint density at radius 2 is 2.22 bits per heavy atom. The minimum absolute atomic E-state index is 0.00175. The fraction of sp³-hybridized carbons (Fsp3) is 0.357. The quantitative estimate of drug-likeness (QED) is 0.848. The third-order valence-corrected chi connectivity index (χ3v) is 3.65. The second kappa shape index (κ2) is 4.21. The van der Waals surface area contributed by atoms with Crippen molar-refractivity contribution in [3.05, 3.63) is 35.8 Å². The van der Waals surface area contributed by atoms with Crippen molar-refractivity contribution in [2.24, 2.45) is 11.8 Å². The van der Waals surface area contributed by atoms with Crippen LogP contribution >= 0.6 is 0 Å². The van der Waals surface area contributed by atoms with Gasteiger partial charge < -0.3 is 9.73 Å². The average molecular weight is 247 g/mol. The maximum Gasteiger partial charge on any atom is 0.201 e. The highest BCUT2D eigenvalue weighted by molar-refractivity contribution is 5.99. The standard InChI is InChI=1S/C14H14FNO2/c1-8(10-6-16-7-10)14(17)13-5-9-4-11(15)2-3-12(9)18-13/h2-5,8,10,16H,6-7H2,1H3. The molecule has 0 saturated carbocycles. The van der Waals surface area contributed by atoms with E-state index in [2.05, 4.69) is 5.32 Å². The van der Waals surface area contributed by atoms with E-state index < -0.39 is 0 Å². The van der Waals surface area contributed by atoms with Crippen LogP contribution in [0.25, 0.3) is 11.0 Å². The van der Waals surface area contributed by atoms with Gasteiger partial charge in [0, 0.05) is 11.3 Å². The van der Waals surface area contributed by atoms with Crippen LogP contribution in [0.4, 0.5) is 4.39 Å². The molecule has 1 fully saturated rings. The molecule has 2 heterocycles.